The highest BCUT2D eigenvalue weighted by Gasteiger charge is 2.29. The minimum absolute atomic E-state index is 0.0668. The van der Waals surface area contributed by atoms with Crippen LogP contribution < -0.4 is 15.0 Å². The molecule has 2 atom stereocenters. The maximum absolute atomic E-state index is 13.5. The fourth-order valence-electron chi connectivity index (χ4n) is 3.62. The van der Waals surface area contributed by atoms with Crippen molar-refractivity contribution >= 4 is 11.5 Å². The lowest BCUT2D eigenvalue weighted by atomic mass is 9.95. The third-order valence-corrected chi connectivity index (χ3v) is 4.89. The van der Waals surface area contributed by atoms with Gasteiger partial charge in [0.25, 0.3) is 0 Å². The van der Waals surface area contributed by atoms with E-state index in [0.29, 0.717) is 22.9 Å². The van der Waals surface area contributed by atoms with Gasteiger partial charge in [-0.3, -0.25) is 4.79 Å². The first-order valence-electron chi connectivity index (χ1n) is 8.78. The van der Waals surface area contributed by atoms with Crippen molar-refractivity contribution in [1.82, 2.24) is 5.32 Å². The van der Waals surface area contributed by atoms with Crippen LogP contribution in [0.1, 0.15) is 35.4 Å². The maximum Gasteiger partial charge on any atom is 0.170 e. The molecule has 1 fully saturated rings. The Morgan fingerprint density at radius 1 is 1.15 bits per heavy atom. The van der Waals surface area contributed by atoms with Crippen molar-refractivity contribution in [3.8, 4) is 5.75 Å². The molecule has 1 saturated heterocycles. The van der Waals surface area contributed by atoms with E-state index in [2.05, 4.69) is 17.1 Å². The zero-order chi connectivity index (χ0) is 18.3. The molecule has 0 amide bonds. The van der Waals surface area contributed by atoms with Crippen LogP contribution >= 0.6 is 0 Å². The van der Waals surface area contributed by atoms with Crippen molar-refractivity contribution in [2.24, 2.45) is 0 Å². The predicted octanol–water partition coefficient (Wildman–Crippen LogP) is 3.47. The number of carbonyl (C=O) groups is 1. The van der Waals surface area contributed by atoms with Gasteiger partial charge in [0.15, 0.2) is 5.78 Å². The molecule has 0 bridgehead atoms. The van der Waals surface area contributed by atoms with E-state index in [1.54, 1.807) is 6.07 Å². The second-order valence-corrected chi connectivity index (χ2v) is 6.92. The zero-order valence-corrected chi connectivity index (χ0v) is 14.5. The summed E-state index contributed by atoms with van der Waals surface area (Å²) in [5.74, 6) is -0.969. The quantitative estimate of drug-likeness (QED) is 0.893. The van der Waals surface area contributed by atoms with Crippen molar-refractivity contribution in [3.05, 3.63) is 59.2 Å². The minimum Gasteiger partial charge on any atom is -0.484 e. The van der Waals surface area contributed by atoms with Gasteiger partial charge in [0.2, 0.25) is 0 Å². The number of carbonyl (C=O) groups excluding carboxylic acids is 1. The van der Waals surface area contributed by atoms with Gasteiger partial charge in [-0.05, 0) is 42.8 Å². The Kier molecular flexibility index (Phi) is 4.36. The van der Waals surface area contributed by atoms with E-state index in [9.17, 15) is 13.6 Å². The fourth-order valence-corrected chi connectivity index (χ4v) is 3.62. The Morgan fingerprint density at radius 3 is 2.65 bits per heavy atom. The van der Waals surface area contributed by atoms with Gasteiger partial charge in [-0.25, -0.2) is 8.78 Å². The molecule has 1 N–H and O–H groups in total. The normalized spacial score (nSPS) is 22.7. The molecule has 2 heterocycles. The van der Waals surface area contributed by atoms with Crippen LogP contribution in [0.25, 0.3) is 0 Å². The van der Waals surface area contributed by atoms with Crippen LogP contribution in [-0.2, 0) is 0 Å². The summed E-state index contributed by atoms with van der Waals surface area (Å²) >= 11 is 0. The van der Waals surface area contributed by atoms with Gasteiger partial charge < -0.3 is 15.0 Å². The summed E-state index contributed by atoms with van der Waals surface area (Å²) in [6.45, 7) is 4.78. The highest BCUT2D eigenvalue weighted by molar-refractivity contribution is 6.01. The third-order valence-electron chi connectivity index (χ3n) is 4.89. The third kappa shape index (κ3) is 3.29. The van der Waals surface area contributed by atoms with Crippen LogP contribution in [-0.4, -0.2) is 31.5 Å². The molecule has 1 unspecified atom stereocenters. The molecule has 4 rings (SSSR count). The SMILES string of the molecule is C[C@H]1CN(c2ccc3c(c2)C(=O)CC(c2cc(F)cc(F)c2)O3)CCN1. The summed E-state index contributed by atoms with van der Waals surface area (Å²) in [7, 11) is 0. The summed E-state index contributed by atoms with van der Waals surface area (Å²) in [5, 5.41) is 3.39. The second-order valence-electron chi connectivity index (χ2n) is 6.92. The molecule has 6 heteroatoms. The molecule has 4 nitrogen and oxygen atoms in total. The number of hydrogen-bond acceptors (Lipinski definition) is 4. The number of ketones is 1. The molecule has 0 aliphatic carbocycles. The highest BCUT2D eigenvalue weighted by Crippen LogP contribution is 2.37. The largest absolute Gasteiger partial charge is 0.484 e. The predicted molar refractivity (Wildman–Crippen MR) is 94.8 cm³/mol. The average molecular weight is 358 g/mol. The van der Waals surface area contributed by atoms with E-state index in [1.165, 1.54) is 12.1 Å². The number of fused-ring (bicyclic) bond motifs is 1. The van der Waals surface area contributed by atoms with Crippen molar-refractivity contribution in [2.45, 2.75) is 25.5 Å². The Balaban J connectivity index is 1.60. The minimum atomic E-state index is -0.676. The number of Topliss-reactive ketones (excluding diaryl/α,β-unsaturated/α-hetero) is 1. The summed E-state index contributed by atoms with van der Waals surface area (Å²) in [6, 6.07) is 9.18. The Morgan fingerprint density at radius 2 is 1.92 bits per heavy atom. The number of nitrogens with zero attached hydrogens (tertiary/aromatic N) is 1. The topological polar surface area (TPSA) is 41.6 Å². The summed E-state index contributed by atoms with van der Waals surface area (Å²) in [6.07, 6.45) is -0.609. The molecule has 0 radical (unpaired) electrons. The van der Waals surface area contributed by atoms with Gasteiger partial charge in [-0.2, -0.15) is 0 Å². The van der Waals surface area contributed by atoms with Crippen molar-refractivity contribution in [3.63, 3.8) is 0 Å². The molecule has 2 aliphatic rings. The van der Waals surface area contributed by atoms with Gasteiger partial charge in [0.05, 0.1) is 12.0 Å². The standard InChI is InChI=1S/C20H20F2N2O2/c1-12-11-24(5-4-23-12)16-2-3-19-17(9-16)18(25)10-20(26-19)13-6-14(21)8-15(22)7-13/h2-3,6-9,12,20,23H,4-5,10-11H2,1H3/t12-,20?/m0/s1. The summed E-state index contributed by atoms with van der Waals surface area (Å²) < 4.78 is 32.8. The molecule has 136 valence electrons. The highest BCUT2D eigenvalue weighted by atomic mass is 19.1. The number of nitrogens with one attached hydrogen (secondary N) is 1. The number of rotatable bonds is 2. The van der Waals surface area contributed by atoms with Gasteiger partial charge in [0.1, 0.15) is 23.5 Å². The van der Waals surface area contributed by atoms with Crippen LogP contribution in [0.5, 0.6) is 5.75 Å². The number of ether oxygens (including phenoxy) is 1. The van der Waals surface area contributed by atoms with Crippen LogP contribution in [0.4, 0.5) is 14.5 Å². The fraction of sp³-hybridized carbons (Fsp3) is 0.350. The molecule has 2 aromatic carbocycles. The summed E-state index contributed by atoms with van der Waals surface area (Å²) in [4.78, 5) is 14.9. The first-order chi connectivity index (χ1) is 12.5. The molecule has 2 aromatic rings. The van der Waals surface area contributed by atoms with Gasteiger partial charge >= 0.3 is 0 Å². The average Bonchev–Trinajstić information content (AvgIpc) is 2.60. The monoisotopic (exact) mass is 358 g/mol. The molecular weight excluding hydrogens is 338 g/mol. The van der Waals surface area contributed by atoms with E-state index >= 15 is 0 Å². The van der Waals surface area contributed by atoms with E-state index < -0.39 is 17.7 Å². The van der Waals surface area contributed by atoms with E-state index in [1.807, 2.05) is 12.1 Å². The van der Waals surface area contributed by atoms with Gasteiger partial charge in [-0.1, -0.05) is 0 Å². The number of piperazine rings is 1. The van der Waals surface area contributed by atoms with Crippen molar-refractivity contribution in [2.75, 3.05) is 24.5 Å². The summed E-state index contributed by atoms with van der Waals surface area (Å²) in [5.41, 5.74) is 1.85. The van der Waals surface area contributed by atoms with E-state index in [0.717, 1.165) is 31.4 Å². The maximum atomic E-state index is 13.5. The number of anilines is 1. The Labute approximate surface area is 150 Å². The number of halogens is 2. The zero-order valence-electron chi connectivity index (χ0n) is 14.5. The molecule has 0 saturated carbocycles. The first kappa shape index (κ1) is 17.0. The van der Waals surface area contributed by atoms with Crippen LogP contribution in [0.15, 0.2) is 36.4 Å². The Bertz CT molecular complexity index is 835. The van der Waals surface area contributed by atoms with Crippen molar-refractivity contribution in [1.29, 1.82) is 0 Å². The first-order valence-corrected chi connectivity index (χ1v) is 8.78. The molecular formula is C20H20F2N2O2. The molecule has 26 heavy (non-hydrogen) atoms. The molecule has 2 aliphatic heterocycles. The molecule has 0 aromatic heterocycles. The second kappa shape index (κ2) is 6.68. The number of benzene rings is 2. The van der Waals surface area contributed by atoms with Gasteiger partial charge in [0, 0.05) is 37.4 Å². The van der Waals surface area contributed by atoms with Gasteiger partial charge in [-0.15, -0.1) is 0 Å². The molecule has 0 spiro atoms. The lowest BCUT2D eigenvalue weighted by Gasteiger charge is -2.34. The Hall–Kier alpha value is -2.47. The van der Waals surface area contributed by atoms with E-state index in [4.69, 9.17) is 4.74 Å². The van der Waals surface area contributed by atoms with E-state index in [-0.39, 0.29) is 12.2 Å². The van der Waals surface area contributed by atoms with Crippen LogP contribution in [0.3, 0.4) is 0 Å². The lowest BCUT2D eigenvalue weighted by molar-refractivity contribution is 0.0849. The number of hydrogen-bond donors (Lipinski definition) is 1. The van der Waals surface area contributed by atoms with Crippen LogP contribution in [0.2, 0.25) is 0 Å². The van der Waals surface area contributed by atoms with Crippen LogP contribution in [0, 0.1) is 11.6 Å². The lowest BCUT2D eigenvalue weighted by Crippen LogP contribution is -2.49. The van der Waals surface area contributed by atoms with Crippen molar-refractivity contribution < 1.29 is 18.3 Å². The smallest absolute Gasteiger partial charge is 0.170 e.